The molecule has 1 fully saturated rings. The fraction of sp³-hybridized carbons (Fsp3) is 0.500. The molecule has 6 heteroatoms. The smallest absolute Gasteiger partial charge is 0.182 e. The van der Waals surface area contributed by atoms with Crippen LogP contribution < -0.4 is 5.32 Å². The van der Waals surface area contributed by atoms with Crippen LogP contribution in [0.2, 0.25) is 5.15 Å². The lowest BCUT2D eigenvalue weighted by Gasteiger charge is -2.23. The SMILES string of the molecule is Clc1cc2ncn([C@@H]3CCCNC3)c2nn1. The minimum Gasteiger partial charge on any atom is -0.315 e. The summed E-state index contributed by atoms with van der Waals surface area (Å²) in [5, 5.41) is 11.7. The van der Waals surface area contributed by atoms with Gasteiger partial charge in [0.25, 0.3) is 0 Å². The van der Waals surface area contributed by atoms with Gasteiger partial charge >= 0.3 is 0 Å². The molecular formula is C10H12ClN5. The maximum Gasteiger partial charge on any atom is 0.182 e. The Bertz CT molecular complexity index is 503. The average Bonchev–Trinajstić information content (AvgIpc) is 2.73. The zero-order valence-electron chi connectivity index (χ0n) is 8.73. The van der Waals surface area contributed by atoms with Crippen molar-refractivity contribution in [1.29, 1.82) is 0 Å². The normalized spacial score (nSPS) is 21.4. The Morgan fingerprint density at radius 3 is 3.19 bits per heavy atom. The van der Waals surface area contributed by atoms with Crippen LogP contribution in [0, 0.1) is 0 Å². The molecule has 16 heavy (non-hydrogen) atoms. The van der Waals surface area contributed by atoms with Gasteiger partial charge in [0.05, 0.1) is 6.33 Å². The van der Waals surface area contributed by atoms with Gasteiger partial charge in [0.15, 0.2) is 10.8 Å². The van der Waals surface area contributed by atoms with Crippen LogP contribution in [-0.4, -0.2) is 32.8 Å². The van der Waals surface area contributed by atoms with Gasteiger partial charge in [0.2, 0.25) is 0 Å². The van der Waals surface area contributed by atoms with E-state index in [9.17, 15) is 0 Å². The minimum absolute atomic E-state index is 0.388. The van der Waals surface area contributed by atoms with Crippen LogP contribution in [0.4, 0.5) is 0 Å². The zero-order chi connectivity index (χ0) is 11.0. The monoisotopic (exact) mass is 237 g/mol. The largest absolute Gasteiger partial charge is 0.315 e. The number of nitrogens with one attached hydrogen (secondary N) is 1. The second-order valence-corrected chi connectivity index (χ2v) is 4.42. The highest BCUT2D eigenvalue weighted by molar-refractivity contribution is 6.29. The average molecular weight is 238 g/mol. The lowest BCUT2D eigenvalue weighted by molar-refractivity contribution is 0.376. The molecule has 5 nitrogen and oxygen atoms in total. The highest BCUT2D eigenvalue weighted by Gasteiger charge is 2.17. The third kappa shape index (κ3) is 1.66. The molecule has 0 radical (unpaired) electrons. The van der Waals surface area contributed by atoms with Crippen molar-refractivity contribution in [3.63, 3.8) is 0 Å². The first-order chi connectivity index (χ1) is 7.84. The number of nitrogens with zero attached hydrogens (tertiary/aromatic N) is 4. The summed E-state index contributed by atoms with van der Waals surface area (Å²) in [5.41, 5.74) is 1.63. The predicted molar refractivity (Wildman–Crippen MR) is 61.5 cm³/mol. The second kappa shape index (κ2) is 3.99. The van der Waals surface area contributed by atoms with Crippen molar-refractivity contribution in [3.8, 4) is 0 Å². The highest BCUT2D eigenvalue weighted by atomic mass is 35.5. The van der Waals surface area contributed by atoms with E-state index in [1.807, 2.05) is 6.33 Å². The van der Waals surface area contributed by atoms with Crippen LogP contribution >= 0.6 is 11.6 Å². The number of rotatable bonds is 1. The van der Waals surface area contributed by atoms with E-state index in [0.717, 1.165) is 30.7 Å². The van der Waals surface area contributed by atoms with Gasteiger partial charge in [-0.05, 0) is 19.4 Å². The van der Waals surface area contributed by atoms with Gasteiger partial charge in [0, 0.05) is 18.7 Å². The van der Waals surface area contributed by atoms with Gasteiger partial charge in [-0.2, -0.15) is 0 Å². The molecule has 0 unspecified atom stereocenters. The summed E-state index contributed by atoms with van der Waals surface area (Å²) >= 11 is 5.78. The summed E-state index contributed by atoms with van der Waals surface area (Å²) in [7, 11) is 0. The molecule has 1 N–H and O–H groups in total. The van der Waals surface area contributed by atoms with E-state index in [4.69, 9.17) is 11.6 Å². The Morgan fingerprint density at radius 1 is 1.44 bits per heavy atom. The molecule has 3 rings (SSSR count). The molecule has 1 aliphatic rings. The molecule has 1 aliphatic heterocycles. The van der Waals surface area contributed by atoms with Gasteiger partial charge in [-0.25, -0.2) is 4.98 Å². The molecule has 84 valence electrons. The second-order valence-electron chi connectivity index (χ2n) is 4.03. The highest BCUT2D eigenvalue weighted by Crippen LogP contribution is 2.21. The topological polar surface area (TPSA) is 55.6 Å². The van der Waals surface area contributed by atoms with E-state index in [2.05, 4.69) is 25.1 Å². The van der Waals surface area contributed by atoms with E-state index in [-0.39, 0.29) is 0 Å². The standard InChI is InChI=1S/C10H12ClN5/c11-9-4-8-10(15-14-9)16(6-13-8)7-2-1-3-12-5-7/h4,6-7,12H,1-3,5H2/t7-/m1/s1. The van der Waals surface area contributed by atoms with Crippen LogP contribution in [0.15, 0.2) is 12.4 Å². The van der Waals surface area contributed by atoms with Crippen molar-refractivity contribution in [2.75, 3.05) is 13.1 Å². The molecule has 0 spiro atoms. The predicted octanol–water partition coefficient (Wildman–Crippen LogP) is 1.40. The third-order valence-corrected chi connectivity index (χ3v) is 3.14. The molecule has 0 aliphatic carbocycles. The number of imidazole rings is 1. The van der Waals surface area contributed by atoms with Gasteiger partial charge in [-0.1, -0.05) is 11.6 Å². The minimum atomic E-state index is 0.388. The first-order valence-electron chi connectivity index (χ1n) is 5.41. The summed E-state index contributed by atoms with van der Waals surface area (Å²) in [6, 6.07) is 2.17. The molecule has 0 bridgehead atoms. The quantitative estimate of drug-likeness (QED) is 0.815. The Kier molecular flexibility index (Phi) is 2.49. The fourth-order valence-corrected chi connectivity index (χ4v) is 2.29. The summed E-state index contributed by atoms with van der Waals surface area (Å²) in [6.45, 7) is 2.07. The number of fused-ring (bicyclic) bond motifs is 1. The number of halogens is 1. The maximum absolute atomic E-state index is 5.78. The fourth-order valence-electron chi connectivity index (χ4n) is 2.15. The van der Waals surface area contributed by atoms with Crippen LogP contribution in [-0.2, 0) is 0 Å². The first kappa shape index (κ1) is 9.99. The molecule has 0 saturated carbocycles. The van der Waals surface area contributed by atoms with E-state index in [0.29, 0.717) is 11.2 Å². The van der Waals surface area contributed by atoms with Crippen molar-refractivity contribution in [3.05, 3.63) is 17.5 Å². The molecule has 2 aromatic rings. The third-order valence-electron chi connectivity index (χ3n) is 2.96. The van der Waals surface area contributed by atoms with E-state index >= 15 is 0 Å². The number of piperidine rings is 1. The Balaban J connectivity index is 2.03. The summed E-state index contributed by atoms with van der Waals surface area (Å²) in [5.74, 6) is 0. The van der Waals surface area contributed by atoms with Gasteiger partial charge in [-0.15, -0.1) is 10.2 Å². The van der Waals surface area contributed by atoms with Gasteiger partial charge in [-0.3, -0.25) is 0 Å². The van der Waals surface area contributed by atoms with Crippen molar-refractivity contribution < 1.29 is 0 Å². The van der Waals surface area contributed by atoms with Crippen LogP contribution in [0.25, 0.3) is 11.2 Å². The molecular weight excluding hydrogens is 226 g/mol. The van der Waals surface area contributed by atoms with Crippen molar-refractivity contribution in [2.24, 2.45) is 0 Å². The Morgan fingerprint density at radius 2 is 2.38 bits per heavy atom. The van der Waals surface area contributed by atoms with Gasteiger partial charge < -0.3 is 9.88 Å². The van der Waals surface area contributed by atoms with E-state index in [1.54, 1.807) is 6.07 Å². The van der Waals surface area contributed by atoms with Gasteiger partial charge in [0.1, 0.15) is 5.52 Å². The molecule has 0 aromatic carbocycles. The van der Waals surface area contributed by atoms with Crippen LogP contribution in [0.3, 0.4) is 0 Å². The molecule has 1 atom stereocenters. The summed E-state index contributed by atoms with van der Waals surface area (Å²) < 4.78 is 2.09. The lowest BCUT2D eigenvalue weighted by atomic mass is 10.1. The number of hydrogen-bond acceptors (Lipinski definition) is 4. The number of aromatic nitrogens is 4. The molecule has 2 aromatic heterocycles. The first-order valence-corrected chi connectivity index (χ1v) is 5.79. The molecule has 3 heterocycles. The van der Waals surface area contributed by atoms with Crippen molar-refractivity contribution in [2.45, 2.75) is 18.9 Å². The lowest BCUT2D eigenvalue weighted by Crippen LogP contribution is -2.31. The maximum atomic E-state index is 5.78. The van der Waals surface area contributed by atoms with Crippen molar-refractivity contribution in [1.82, 2.24) is 25.1 Å². The summed E-state index contributed by atoms with van der Waals surface area (Å²) in [4.78, 5) is 4.30. The van der Waals surface area contributed by atoms with Crippen LogP contribution in [0.1, 0.15) is 18.9 Å². The van der Waals surface area contributed by atoms with Crippen molar-refractivity contribution >= 4 is 22.8 Å². The zero-order valence-corrected chi connectivity index (χ0v) is 9.48. The molecule has 0 amide bonds. The van der Waals surface area contributed by atoms with E-state index in [1.165, 1.54) is 6.42 Å². The molecule has 1 saturated heterocycles. The Labute approximate surface area is 97.8 Å². The van der Waals surface area contributed by atoms with Crippen LogP contribution in [0.5, 0.6) is 0 Å². The summed E-state index contributed by atoms with van der Waals surface area (Å²) in [6.07, 6.45) is 4.17. The Hall–Kier alpha value is -1.20. The van der Waals surface area contributed by atoms with E-state index < -0.39 is 0 Å². The number of hydrogen-bond donors (Lipinski definition) is 1.